The van der Waals surface area contributed by atoms with Gasteiger partial charge in [0.2, 0.25) is 0 Å². The molecule has 0 aliphatic heterocycles. The first-order chi connectivity index (χ1) is 14.1. The van der Waals surface area contributed by atoms with Gasteiger partial charge in [-0.25, -0.2) is 4.98 Å². The van der Waals surface area contributed by atoms with Crippen molar-refractivity contribution in [3.8, 4) is 5.69 Å². The van der Waals surface area contributed by atoms with Gasteiger partial charge in [0.15, 0.2) is 5.82 Å². The Morgan fingerprint density at radius 1 is 1.21 bits per heavy atom. The van der Waals surface area contributed by atoms with E-state index in [1.165, 1.54) is 0 Å². The molecule has 2 aromatic heterocycles. The average Bonchev–Trinajstić information content (AvgIpc) is 3.37. The first kappa shape index (κ1) is 18.8. The molecule has 0 unspecified atom stereocenters. The summed E-state index contributed by atoms with van der Waals surface area (Å²) in [6.45, 7) is 6.03. The topological polar surface area (TPSA) is 101 Å². The molecular weight excluding hydrogens is 366 g/mol. The molecule has 4 rings (SSSR count). The number of hydrogen-bond acceptors (Lipinski definition) is 5. The Hall–Kier alpha value is -3.55. The predicted molar refractivity (Wildman–Crippen MR) is 110 cm³/mol. The van der Waals surface area contributed by atoms with Gasteiger partial charge in [-0.2, -0.15) is 4.68 Å². The minimum atomic E-state index is -0.224. The lowest BCUT2D eigenvalue weighted by molar-refractivity contribution is 0.0920. The van der Waals surface area contributed by atoms with Crippen LogP contribution in [0.15, 0.2) is 48.5 Å². The number of tetrazole rings is 1. The Balaban J connectivity index is 1.63. The number of H-pyrrole nitrogens is 1. The van der Waals surface area contributed by atoms with Crippen molar-refractivity contribution >= 4 is 16.9 Å². The highest BCUT2D eigenvalue weighted by Gasteiger charge is 2.24. The van der Waals surface area contributed by atoms with Crippen molar-refractivity contribution in [1.82, 2.24) is 35.5 Å². The fourth-order valence-electron chi connectivity index (χ4n) is 3.31. The van der Waals surface area contributed by atoms with Crippen LogP contribution in [0.4, 0.5) is 0 Å². The number of aryl methyl sites for hydroxylation is 1. The van der Waals surface area contributed by atoms with E-state index in [2.05, 4.69) is 39.7 Å². The summed E-state index contributed by atoms with van der Waals surface area (Å²) in [5, 5.41) is 14.7. The second kappa shape index (κ2) is 7.83. The first-order valence-corrected chi connectivity index (χ1v) is 9.67. The van der Waals surface area contributed by atoms with Crippen LogP contribution in [0.2, 0.25) is 0 Å². The Bertz CT molecular complexity index is 1110. The Labute approximate surface area is 168 Å². The summed E-state index contributed by atoms with van der Waals surface area (Å²) in [5.74, 6) is 1.47. The molecule has 148 valence electrons. The van der Waals surface area contributed by atoms with E-state index >= 15 is 0 Å². The summed E-state index contributed by atoms with van der Waals surface area (Å²) >= 11 is 0. The number of nitrogens with zero attached hydrogens (tertiary/aromatic N) is 5. The minimum Gasteiger partial charge on any atom is -0.342 e. The number of fused-ring (bicyclic) bond motifs is 1. The van der Waals surface area contributed by atoms with Gasteiger partial charge in [0.1, 0.15) is 5.82 Å². The van der Waals surface area contributed by atoms with E-state index in [-0.39, 0.29) is 17.9 Å². The number of carbonyl (C=O) groups excluding carboxylic acids is 1. The van der Waals surface area contributed by atoms with Crippen molar-refractivity contribution in [1.29, 1.82) is 0 Å². The number of aromatic amines is 1. The van der Waals surface area contributed by atoms with Gasteiger partial charge in [-0.1, -0.05) is 38.5 Å². The molecule has 2 aromatic carbocycles. The summed E-state index contributed by atoms with van der Waals surface area (Å²) in [6.07, 6.45) is 0.909. The molecule has 0 saturated carbocycles. The zero-order valence-corrected chi connectivity index (χ0v) is 16.6. The van der Waals surface area contributed by atoms with Crippen molar-refractivity contribution in [2.75, 3.05) is 0 Å². The third kappa shape index (κ3) is 3.73. The summed E-state index contributed by atoms with van der Waals surface area (Å²) in [4.78, 5) is 21.1. The van der Waals surface area contributed by atoms with Gasteiger partial charge in [0.05, 0.1) is 22.8 Å². The number of rotatable bonds is 6. The minimum absolute atomic E-state index is 0.164. The average molecular weight is 389 g/mol. The largest absolute Gasteiger partial charge is 0.342 e. The molecule has 0 fully saturated rings. The molecule has 0 aliphatic carbocycles. The number of nitrogens with one attached hydrogen (secondary N) is 2. The summed E-state index contributed by atoms with van der Waals surface area (Å²) in [7, 11) is 0. The highest BCUT2D eigenvalue weighted by Crippen LogP contribution is 2.25. The van der Waals surface area contributed by atoms with E-state index in [4.69, 9.17) is 4.98 Å². The van der Waals surface area contributed by atoms with Crippen LogP contribution in [0.25, 0.3) is 16.7 Å². The number of para-hydroxylation sites is 2. The third-order valence-corrected chi connectivity index (χ3v) is 5.18. The summed E-state index contributed by atoms with van der Waals surface area (Å²) in [5.41, 5.74) is 3.13. The van der Waals surface area contributed by atoms with Gasteiger partial charge in [-0.05, 0) is 53.6 Å². The van der Waals surface area contributed by atoms with E-state index < -0.39 is 0 Å². The van der Waals surface area contributed by atoms with Gasteiger partial charge in [-0.15, -0.1) is 5.10 Å². The maximum atomic E-state index is 13.1. The van der Waals surface area contributed by atoms with E-state index in [1.54, 1.807) is 16.8 Å². The lowest BCUT2D eigenvalue weighted by Crippen LogP contribution is -2.33. The van der Waals surface area contributed by atoms with Crippen LogP contribution < -0.4 is 5.32 Å². The predicted octanol–water partition coefficient (Wildman–Crippen LogP) is 3.36. The van der Waals surface area contributed by atoms with Crippen LogP contribution in [0.1, 0.15) is 48.3 Å². The number of aromatic nitrogens is 6. The maximum absolute atomic E-state index is 13.1. The molecule has 0 radical (unpaired) electrons. The molecule has 1 amide bonds. The summed E-state index contributed by atoms with van der Waals surface area (Å²) < 4.78 is 1.60. The molecule has 8 heteroatoms. The van der Waals surface area contributed by atoms with Gasteiger partial charge < -0.3 is 10.3 Å². The molecule has 29 heavy (non-hydrogen) atoms. The number of benzene rings is 2. The van der Waals surface area contributed by atoms with Crippen molar-refractivity contribution in [3.05, 3.63) is 65.7 Å². The quantitative estimate of drug-likeness (QED) is 0.526. The molecular formula is C21H23N7O. The van der Waals surface area contributed by atoms with Gasteiger partial charge >= 0.3 is 0 Å². The van der Waals surface area contributed by atoms with Gasteiger partial charge in [-0.3, -0.25) is 4.79 Å². The van der Waals surface area contributed by atoms with Crippen LogP contribution in [0, 0.1) is 12.8 Å². The zero-order valence-electron chi connectivity index (χ0n) is 16.6. The second-order valence-corrected chi connectivity index (χ2v) is 7.16. The highest BCUT2D eigenvalue weighted by molar-refractivity contribution is 5.95. The van der Waals surface area contributed by atoms with E-state index in [1.807, 2.05) is 43.3 Å². The molecule has 2 N–H and O–H groups in total. The van der Waals surface area contributed by atoms with Crippen molar-refractivity contribution in [2.24, 2.45) is 5.92 Å². The molecule has 0 bridgehead atoms. The lowest BCUT2D eigenvalue weighted by atomic mass is 9.98. The number of amides is 1. The van der Waals surface area contributed by atoms with E-state index in [0.717, 1.165) is 29.0 Å². The Kier molecular flexibility index (Phi) is 5.07. The zero-order chi connectivity index (χ0) is 20.4. The van der Waals surface area contributed by atoms with Crippen LogP contribution in [-0.4, -0.2) is 36.1 Å². The fourth-order valence-corrected chi connectivity index (χ4v) is 3.31. The fraction of sp³-hybridized carbons (Fsp3) is 0.286. The van der Waals surface area contributed by atoms with Gasteiger partial charge in [0.25, 0.3) is 5.91 Å². The molecule has 8 nitrogen and oxygen atoms in total. The number of imidazole rings is 1. The monoisotopic (exact) mass is 389 g/mol. The van der Waals surface area contributed by atoms with Crippen LogP contribution in [0.5, 0.6) is 0 Å². The van der Waals surface area contributed by atoms with Crippen molar-refractivity contribution in [2.45, 2.75) is 33.2 Å². The lowest BCUT2D eigenvalue weighted by Gasteiger charge is -2.22. The number of hydrogen-bond donors (Lipinski definition) is 2. The maximum Gasteiger partial charge on any atom is 0.251 e. The third-order valence-electron chi connectivity index (χ3n) is 5.18. The molecule has 4 aromatic rings. The van der Waals surface area contributed by atoms with Gasteiger partial charge in [0, 0.05) is 5.56 Å². The van der Waals surface area contributed by atoms with Crippen molar-refractivity contribution < 1.29 is 4.79 Å². The molecule has 0 aliphatic rings. The molecule has 0 saturated heterocycles. The van der Waals surface area contributed by atoms with E-state index in [0.29, 0.717) is 11.4 Å². The molecule has 2 heterocycles. The SMILES string of the molecule is CC[C@@H](C)[C@H](NC(=O)c1cccc(-n2nnnc2C)c1)c1nc2ccccc2[nH]1. The van der Waals surface area contributed by atoms with Crippen LogP contribution >= 0.6 is 0 Å². The number of carbonyl (C=O) groups is 1. The normalized spacial score (nSPS) is 13.3. The summed E-state index contributed by atoms with van der Waals surface area (Å²) in [6, 6.07) is 14.9. The highest BCUT2D eigenvalue weighted by atomic mass is 16.1. The van der Waals surface area contributed by atoms with Crippen molar-refractivity contribution in [3.63, 3.8) is 0 Å². The smallest absolute Gasteiger partial charge is 0.251 e. The Morgan fingerprint density at radius 3 is 2.76 bits per heavy atom. The Morgan fingerprint density at radius 2 is 2.03 bits per heavy atom. The molecule has 0 spiro atoms. The van der Waals surface area contributed by atoms with Crippen LogP contribution in [-0.2, 0) is 0 Å². The standard InChI is InChI=1S/C21H23N7O/c1-4-13(2)19(20-22-17-10-5-6-11-18(17)23-20)24-21(29)15-8-7-9-16(12-15)28-14(3)25-26-27-28/h5-13,19H,4H2,1-3H3,(H,22,23)(H,24,29)/t13-,19+/m1/s1. The first-order valence-electron chi connectivity index (χ1n) is 9.67. The molecule has 2 atom stereocenters. The second-order valence-electron chi connectivity index (χ2n) is 7.16. The van der Waals surface area contributed by atoms with Crippen LogP contribution in [0.3, 0.4) is 0 Å². The van der Waals surface area contributed by atoms with E-state index in [9.17, 15) is 4.79 Å².